The van der Waals surface area contributed by atoms with Gasteiger partial charge in [0.2, 0.25) is 5.91 Å². The van der Waals surface area contributed by atoms with E-state index in [-0.39, 0.29) is 11.9 Å². The van der Waals surface area contributed by atoms with Gasteiger partial charge in [-0.2, -0.15) is 0 Å². The summed E-state index contributed by atoms with van der Waals surface area (Å²) in [6.07, 6.45) is 3.10. The van der Waals surface area contributed by atoms with Crippen LogP contribution < -0.4 is 11.1 Å². The molecule has 4 heteroatoms. The second-order valence-electron chi connectivity index (χ2n) is 5.35. The van der Waals surface area contributed by atoms with E-state index in [2.05, 4.69) is 26.1 Å². The fourth-order valence-corrected chi connectivity index (χ4v) is 2.36. The Hall–Kier alpha value is -0.610. The van der Waals surface area contributed by atoms with Crippen LogP contribution in [0.4, 0.5) is 0 Å². The Kier molecular flexibility index (Phi) is 5.92. The minimum Gasteiger partial charge on any atom is -0.378 e. The summed E-state index contributed by atoms with van der Waals surface area (Å²) in [5.74, 6) is 0.879. The van der Waals surface area contributed by atoms with Crippen LogP contribution in [0.5, 0.6) is 0 Å². The zero-order valence-corrected chi connectivity index (χ0v) is 11.2. The van der Waals surface area contributed by atoms with E-state index < -0.39 is 0 Å². The van der Waals surface area contributed by atoms with Crippen LogP contribution in [0.2, 0.25) is 0 Å². The third-order valence-corrected chi connectivity index (χ3v) is 3.35. The molecule has 1 fully saturated rings. The van der Waals surface area contributed by atoms with Crippen LogP contribution in [0.3, 0.4) is 0 Å². The number of hydrogen-bond donors (Lipinski definition) is 2. The van der Waals surface area contributed by atoms with Gasteiger partial charge in [0.15, 0.2) is 0 Å². The van der Waals surface area contributed by atoms with Crippen molar-refractivity contribution in [3.05, 3.63) is 0 Å². The number of carbonyl (C=O) groups is 1. The molecular formula is C13H26N2O2. The normalized spacial score (nSPS) is 26.2. The third kappa shape index (κ3) is 4.64. The first-order valence-electron chi connectivity index (χ1n) is 6.69. The number of carbonyl (C=O) groups excluding carboxylic acids is 1. The van der Waals surface area contributed by atoms with Crippen LogP contribution in [-0.2, 0) is 9.53 Å². The van der Waals surface area contributed by atoms with Crippen molar-refractivity contribution in [3.63, 3.8) is 0 Å². The van der Waals surface area contributed by atoms with Gasteiger partial charge >= 0.3 is 0 Å². The van der Waals surface area contributed by atoms with Gasteiger partial charge < -0.3 is 15.8 Å². The second-order valence-corrected chi connectivity index (χ2v) is 5.35. The molecule has 0 radical (unpaired) electrons. The van der Waals surface area contributed by atoms with Crippen molar-refractivity contribution in [2.45, 2.75) is 52.2 Å². The average molecular weight is 242 g/mol. The standard InChI is InChI=1S/C13H26N2O2/c1-4-12-10(5-6-17-12)8-15-13(16)11(14)7-9(2)3/h9-12H,4-8,14H2,1-3H3,(H,15,16)/t10?,11-,12?/m0/s1. The predicted molar refractivity (Wildman–Crippen MR) is 68.6 cm³/mol. The van der Waals surface area contributed by atoms with E-state index in [1.165, 1.54) is 0 Å². The summed E-state index contributed by atoms with van der Waals surface area (Å²) in [5.41, 5.74) is 5.83. The Morgan fingerprint density at radius 1 is 1.53 bits per heavy atom. The van der Waals surface area contributed by atoms with Crippen molar-refractivity contribution in [1.82, 2.24) is 5.32 Å². The highest BCUT2D eigenvalue weighted by molar-refractivity contribution is 5.81. The van der Waals surface area contributed by atoms with Crippen molar-refractivity contribution in [1.29, 1.82) is 0 Å². The molecular weight excluding hydrogens is 216 g/mol. The first-order chi connectivity index (χ1) is 8.04. The molecule has 0 bridgehead atoms. The number of nitrogens with two attached hydrogens (primary N) is 1. The first kappa shape index (κ1) is 14.5. The van der Waals surface area contributed by atoms with E-state index in [1.807, 2.05) is 0 Å². The van der Waals surface area contributed by atoms with Gasteiger partial charge in [0.25, 0.3) is 0 Å². The fourth-order valence-electron chi connectivity index (χ4n) is 2.36. The summed E-state index contributed by atoms with van der Waals surface area (Å²) >= 11 is 0. The Balaban J connectivity index is 2.27. The fraction of sp³-hybridized carbons (Fsp3) is 0.923. The molecule has 17 heavy (non-hydrogen) atoms. The lowest BCUT2D eigenvalue weighted by molar-refractivity contribution is -0.122. The maximum absolute atomic E-state index is 11.8. The monoisotopic (exact) mass is 242 g/mol. The lowest BCUT2D eigenvalue weighted by Gasteiger charge is -2.19. The molecule has 1 heterocycles. The van der Waals surface area contributed by atoms with Gasteiger partial charge in [-0.25, -0.2) is 0 Å². The third-order valence-electron chi connectivity index (χ3n) is 3.35. The molecule has 0 spiro atoms. The largest absolute Gasteiger partial charge is 0.378 e. The quantitative estimate of drug-likeness (QED) is 0.737. The molecule has 1 saturated heterocycles. The second kappa shape index (κ2) is 6.97. The van der Waals surface area contributed by atoms with Gasteiger partial charge in [0.05, 0.1) is 12.1 Å². The molecule has 2 unspecified atom stereocenters. The van der Waals surface area contributed by atoms with Crippen LogP contribution in [0, 0.1) is 11.8 Å². The van der Waals surface area contributed by atoms with Crippen molar-refractivity contribution in [2.24, 2.45) is 17.6 Å². The van der Waals surface area contributed by atoms with Gasteiger partial charge in [-0.3, -0.25) is 4.79 Å². The molecule has 100 valence electrons. The summed E-state index contributed by atoms with van der Waals surface area (Å²) in [5, 5.41) is 2.95. The van der Waals surface area contributed by atoms with Crippen LogP contribution in [0.15, 0.2) is 0 Å². The van der Waals surface area contributed by atoms with Gasteiger partial charge in [0.1, 0.15) is 0 Å². The lowest BCUT2D eigenvalue weighted by Crippen LogP contribution is -2.43. The maximum atomic E-state index is 11.8. The van der Waals surface area contributed by atoms with E-state index in [1.54, 1.807) is 0 Å². The maximum Gasteiger partial charge on any atom is 0.236 e. The number of rotatable bonds is 6. The van der Waals surface area contributed by atoms with E-state index in [4.69, 9.17) is 10.5 Å². The predicted octanol–water partition coefficient (Wildman–Crippen LogP) is 1.29. The molecule has 3 N–H and O–H groups in total. The van der Waals surface area contributed by atoms with E-state index >= 15 is 0 Å². The summed E-state index contributed by atoms with van der Waals surface area (Å²) in [7, 11) is 0. The van der Waals surface area contributed by atoms with Crippen molar-refractivity contribution >= 4 is 5.91 Å². The topological polar surface area (TPSA) is 64.3 Å². The Labute approximate surface area is 104 Å². The van der Waals surface area contributed by atoms with Crippen LogP contribution in [0.25, 0.3) is 0 Å². The Morgan fingerprint density at radius 2 is 2.24 bits per heavy atom. The van der Waals surface area contributed by atoms with E-state index in [9.17, 15) is 4.79 Å². The van der Waals surface area contributed by atoms with Crippen LogP contribution in [-0.4, -0.2) is 31.2 Å². The molecule has 3 atom stereocenters. The van der Waals surface area contributed by atoms with Gasteiger partial charge in [-0.1, -0.05) is 20.8 Å². The summed E-state index contributed by atoms with van der Waals surface area (Å²) in [6, 6.07) is -0.377. The summed E-state index contributed by atoms with van der Waals surface area (Å²) in [4.78, 5) is 11.8. The molecule has 1 aliphatic heterocycles. The molecule has 1 aliphatic rings. The lowest BCUT2D eigenvalue weighted by atomic mass is 9.99. The number of hydrogen-bond acceptors (Lipinski definition) is 3. The number of amides is 1. The van der Waals surface area contributed by atoms with Gasteiger partial charge in [0, 0.05) is 19.1 Å². The van der Waals surface area contributed by atoms with E-state index in [0.29, 0.717) is 24.5 Å². The van der Waals surface area contributed by atoms with Crippen molar-refractivity contribution in [3.8, 4) is 0 Å². The SMILES string of the molecule is CCC1OCCC1CNC(=O)[C@@H](N)CC(C)C. The Bertz CT molecular complexity index is 244. The van der Waals surface area contributed by atoms with Gasteiger partial charge in [-0.05, 0) is 25.2 Å². The first-order valence-corrected chi connectivity index (χ1v) is 6.69. The minimum absolute atomic E-state index is 0.0274. The number of ether oxygens (including phenoxy) is 1. The highest BCUT2D eigenvalue weighted by atomic mass is 16.5. The molecule has 1 amide bonds. The molecule has 4 nitrogen and oxygen atoms in total. The highest BCUT2D eigenvalue weighted by Gasteiger charge is 2.27. The van der Waals surface area contributed by atoms with Crippen molar-refractivity contribution < 1.29 is 9.53 Å². The smallest absolute Gasteiger partial charge is 0.236 e. The molecule has 1 rings (SSSR count). The summed E-state index contributed by atoms with van der Waals surface area (Å²) < 4.78 is 5.59. The number of nitrogens with one attached hydrogen (secondary N) is 1. The summed E-state index contributed by atoms with van der Waals surface area (Å²) in [6.45, 7) is 7.78. The zero-order chi connectivity index (χ0) is 12.8. The molecule has 0 aromatic rings. The van der Waals surface area contributed by atoms with Crippen molar-refractivity contribution in [2.75, 3.05) is 13.2 Å². The van der Waals surface area contributed by atoms with Crippen LogP contribution in [0.1, 0.15) is 40.0 Å². The molecule has 0 aliphatic carbocycles. The Morgan fingerprint density at radius 3 is 2.82 bits per heavy atom. The van der Waals surface area contributed by atoms with Gasteiger partial charge in [-0.15, -0.1) is 0 Å². The van der Waals surface area contributed by atoms with E-state index in [0.717, 1.165) is 25.9 Å². The molecule has 0 aromatic heterocycles. The average Bonchev–Trinajstić information content (AvgIpc) is 2.72. The zero-order valence-electron chi connectivity index (χ0n) is 11.2. The van der Waals surface area contributed by atoms with Crippen LogP contribution >= 0.6 is 0 Å². The minimum atomic E-state index is -0.377. The highest BCUT2D eigenvalue weighted by Crippen LogP contribution is 2.22. The molecule has 0 aromatic carbocycles. The molecule has 0 saturated carbocycles.